The van der Waals surface area contributed by atoms with Crippen LogP contribution in [0.15, 0.2) is 12.1 Å². The van der Waals surface area contributed by atoms with Gasteiger partial charge in [0.25, 0.3) is 0 Å². The first kappa shape index (κ1) is 5.31. The summed E-state index contributed by atoms with van der Waals surface area (Å²) in [7, 11) is 0. The zero-order valence-corrected chi connectivity index (χ0v) is 4.96. The lowest BCUT2D eigenvalue weighted by atomic mass is 10.4. The molecule has 0 spiro atoms. The largest absolute Gasteiger partial charge is 0.383 e. The summed E-state index contributed by atoms with van der Waals surface area (Å²) in [6.45, 7) is 0. The Hall–Kier alpha value is -0.830. The van der Waals surface area contributed by atoms with Crippen LogP contribution >= 0.6 is 11.3 Å². The van der Waals surface area contributed by atoms with Crippen molar-refractivity contribution in [2.45, 2.75) is 0 Å². The highest BCUT2D eigenvalue weighted by atomic mass is 32.1. The van der Waals surface area contributed by atoms with Crippen LogP contribution in [-0.4, -0.2) is 5.84 Å². The molecule has 0 saturated carbocycles. The lowest BCUT2D eigenvalue weighted by molar-refractivity contribution is 1.45. The van der Waals surface area contributed by atoms with Crippen LogP contribution in [0.5, 0.6) is 0 Å². The smallest absolute Gasteiger partial charge is 0.133 e. The van der Waals surface area contributed by atoms with Gasteiger partial charge in [-0.15, -0.1) is 11.3 Å². The van der Waals surface area contributed by atoms with Gasteiger partial charge in [-0.1, -0.05) is 0 Å². The van der Waals surface area contributed by atoms with E-state index >= 15 is 0 Å². The first-order chi connectivity index (χ1) is 3.80. The van der Waals surface area contributed by atoms with Crippen molar-refractivity contribution in [3.63, 3.8) is 0 Å². The number of nitrogens with two attached hydrogens (primary N) is 1. The molecule has 0 aliphatic rings. The van der Waals surface area contributed by atoms with Gasteiger partial charge in [0.1, 0.15) is 5.84 Å². The van der Waals surface area contributed by atoms with Gasteiger partial charge in [-0.25, -0.2) is 0 Å². The molecule has 3 heteroatoms. The molecule has 0 fully saturated rings. The third-order valence-electron chi connectivity index (χ3n) is 0.737. The summed E-state index contributed by atoms with van der Waals surface area (Å²) < 4.78 is 0. The topological polar surface area (TPSA) is 49.9 Å². The van der Waals surface area contributed by atoms with E-state index in [-0.39, 0.29) is 5.84 Å². The number of rotatable bonds is 1. The highest BCUT2D eigenvalue weighted by molar-refractivity contribution is 7.11. The first-order valence-corrected chi connectivity index (χ1v) is 2.92. The van der Waals surface area contributed by atoms with E-state index in [4.69, 9.17) is 11.1 Å². The number of hydrogen-bond donors (Lipinski definition) is 2. The van der Waals surface area contributed by atoms with Crippen molar-refractivity contribution in [2.75, 3.05) is 0 Å². The van der Waals surface area contributed by atoms with Crippen molar-refractivity contribution in [1.82, 2.24) is 0 Å². The fourth-order valence-corrected chi connectivity index (χ4v) is 0.895. The van der Waals surface area contributed by atoms with Crippen LogP contribution in [0.2, 0.25) is 0 Å². The van der Waals surface area contributed by atoms with Crippen molar-refractivity contribution in [3.05, 3.63) is 22.4 Å². The molecule has 0 aromatic carbocycles. The van der Waals surface area contributed by atoms with E-state index in [9.17, 15) is 0 Å². The number of nitrogen functional groups attached to an aromatic ring is 1. The molecule has 0 saturated heterocycles. The maximum atomic E-state index is 6.92. The Morgan fingerprint density at radius 2 is 2.62 bits per heavy atom. The molecule has 1 rings (SSSR count). The third kappa shape index (κ3) is 0.869. The predicted octanol–water partition coefficient (Wildman–Crippen LogP) is 0.832. The van der Waals surface area contributed by atoms with Crippen molar-refractivity contribution < 1.29 is 0 Å². The van der Waals surface area contributed by atoms with E-state index in [0.717, 1.165) is 4.88 Å². The second-order valence-corrected chi connectivity index (χ2v) is 2.21. The van der Waals surface area contributed by atoms with E-state index in [1.54, 1.807) is 12.1 Å². The Balaban J connectivity index is 2.93. The second-order valence-electron chi connectivity index (χ2n) is 1.33. The molecule has 1 radical (unpaired) electrons. The molecule has 0 atom stereocenters. The number of hydrogen-bond acceptors (Lipinski definition) is 2. The van der Waals surface area contributed by atoms with Crippen LogP contribution in [0.1, 0.15) is 4.88 Å². The molecule has 1 heterocycles. The maximum Gasteiger partial charge on any atom is 0.133 e. The summed E-state index contributed by atoms with van der Waals surface area (Å²) in [5, 5.41) is 9.75. The van der Waals surface area contributed by atoms with Gasteiger partial charge >= 0.3 is 0 Å². The van der Waals surface area contributed by atoms with Crippen LogP contribution in [0.3, 0.4) is 0 Å². The molecule has 0 bridgehead atoms. The fourth-order valence-electron chi connectivity index (χ4n) is 0.386. The molecule has 3 N–H and O–H groups in total. The Morgan fingerprint density at radius 3 is 2.88 bits per heavy atom. The summed E-state index contributed by atoms with van der Waals surface area (Å²) in [5.41, 5.74) is 5.13. The van der Waals surface area contributed by atoms with Crippen molar-refractivity contribution in [3.8, 4) is 0 Å². The summed E-state index contributed by atoms with van der Waals surface area (Å²) in [6.07, 6.45) is 0. The average Bonchev–Trinajstić information content (AvgIpc) is 2.12. The summed E-state index contributed by atoms with van der Waals surface area (Å²) >= 11 is 1.36. The van der Waals surface area contributed by atoms with Crippen molar-refractivity contribution in [2.24, 2.45) is 5.73 Å². The Labute approximate surface area is 51.5 Å². The minimum atomic E-state index is 0.122. The average molecular weight is 125 g/mol. The molecule has 0 amide bonds. The SMILES string of the molecule is N=C(N)c1cc[c]s1. The number of nitrogens with one attached hydrogen (secondary N) is 1. The highest BCUT2D eigenvalue weighted by Gasteiger charge is 1.92. The second kappa shape index (κ2) is 1.96. The van der Waals surface area contributed by atoms with E-state index in [1.165, 1.54) is 11.3 Å². The first-order valence-electron chi connectivity index (χ1n) is 2.11. The maximum absolute atomic E-state index is 6.92. The molecule has 0 unspecified atom stereocenters. The van der Waals surface area contributed by atoms with E-state index in [2.05, 4.69) is 5.38 Å². The normalized spacial score (nSPS) is 9.00. The molecule has 2 nitrogen and oxygen atoms in total. The van der Waals surface area contributed by atoms with Crippen LogP contribution in [0.25, 0.3) is 0 Å². The number of thiophene rings is 1. The quantitative estimate of drug-likeness (QED) is 0.424. The third-order valence-corrected chi connectivity index (χ3v) is 1.57. The lowest BCUT2D eigenvalue weighted by Crippen LogP contribution is -2.08. The van der Waals surface area contributed by atoms with E-state index < -0.39 is 0 Å². The van der Waals surface area contributed by atoms with Gasteiger partial charge in [0.2, 0.25) is 0 Å². The molecule has 41 valence electrons. The van der Waals surface area contributed by atoms with Crippen LogP contribution in [0, 0.1) is 10.8 Å². The Morgan fingerprint density at radius 1 is 1.88 bits per heavy atom. The molecule has 0 aliphatic carbocycles. The molecule has 1 aromatic heterocycles. The fraction of sp³-hybridized carbons (Fsp3) is 0. The van der Waals surface area contributed by atoms with Crippen LogP contribution in [-0.2, 0) is 0 Å². The minimum Gasteiger partial charge on any atom is -0.383 e. The summed E-state index contributed by atoms with van der Waals surface area (Å²) in [5.74, 6) is 0.122. The van der Waals surface area contributed by atoms with Crippen LogP contribution in [0.4, 0.5) is 0 Å². The molecule has 0 aliphatic heterocycles. The standard InChI is InChI=1S/C5H5N2S/c6-5(7)4-2-1-3-8-4/h1-2H,(H3,6,7). The summed E-state index contributed by atoms with van der Waals surface area (Å²) in [6, 6.07) is 3.52. The highest BCUT2D eigenvalue weighted by Crippen LogP contribution is 2.04. The molecule has 8 heavy (non-hydrogen) atoms. The summed E-state index contributed by atoms with van der Waals surface area (Å²) in [4.78, 5) is 0.782. The van der Waals surface area contributed by atoms with Gasteiger partial charge in [-0.2, -0.15) is 0 Å². The zero-order valence-electron chi connectivity index (χ0n) is 4.14. The van der Waals surface area contributed by atoms with E-state index in [0.29, 0.717) is 0 Å². The van der Waals surface area contributed by atoms with E-state index in [1.807, 2.05) is 0 Å². The lowest BCUT2D eigenvalue weighted by Gasteiger charge is -1.84. The van der Waals surface area contributed by atoms with Crippen LogP contribution < -0.4 is 5.73 Å². The van der Waals surface area contributed by atoms with Gasteiger partial charge in [0, 0.05) is 5.38 Å². The zero-order chi connectivity index (χ0) is 5.98. The van der Waals surface area contributed by atoms with Gasteiger partial charge in [0.15, 0.2) is 0 Å². The van der Waals surface area contributed by atoms with Gasteiger partial charge in [-0.05, 0) is 12.1 Å². The Kier molecular flexibility index (Phi) is 1.30. The molecule has 1 aromatic rings. The van der Waals surface area contributed by atoms with Crippen molar-refractivity contribution >= 4 is 17.2 Å². The monoisotopic (exact) mass is 125 g/mol. The molecular formula is C5H5N2S. The van der Waals surface area contributed by atoms with Gasteiger partial charge in [-0.3, -0.25) is 5.41 Å². The van der Waals surface area contributed by atoms with Gasteiger partial charge in [0.05, 0.1) is 4.88 Å². The number of amidine groups is 1. The molecular weight excluding hydrogens is 120 g/mol. The van der Waals surface area contributed by atoms with Gasteiger partial charge < -0.3 is 5.73 Å². The van der Waals surface area contributed by atoms with Crippen molar-refractivity contribution in [1.29, 1.82) is 5.41 Å². The predicted molar refractivity (Wildman–Crippen MR) is 34.2 cm³/mol. The Bertz CT molecular complexity index is 178. The minimum absolute atomic E-state index is 0.122.